The SMILES string of the molecule is COc1ccc(C(=O)/C=C/C(=O)N2CC3CCC(C2)N(C(C)=O)C3)cc1. The van der Waals surface area contributed by atoms with E-state index in [1.807, 2.05) is 4.90 Å². The first kappa shape index (κ1) is 18.2. The molecule has 2 atom stereocenters. The molecule has 0 aromatic heterocycles. The molecule has 0 aliphatic carbocycles. The van der Waals surface area contributed by atoms with Gasteiger partial charge < -0.3 is 14.5 Å². The molecule has 3 aliphatic rings. The molecule has 6 heteroatoms. The third-order valence-corrected chi connectivity index (χ3v) is 5.18. The Morgan fingerprint density at radius 3 is 2.42 bits per heavy atom. The maximum Gasteiger partial charge on any atom is 0.246 e. The summed E-state index contributed by atoms with van der Waals surface area (Å²) in [4.78, 5) is 40.2. The first-order valence-corrected chi connectivity index (χ1v) is 8.90. The second kappa shape index (κ2) is 7.72. The van der Waals surface area contributed by atoms with Crippen molar-refractivity contribution in [1.82, 2.24) is 9.80 Å². The molecule has 138 valence electrons. The van der Waals surface area contributed by atoms with Gasteiger partial charge in [0.2, 0.25) is 11.8 Å². The highest BCUT2D eigenvalue weighted by Crippen LogP contribution is 2.28. The first-order valence-electron chi connectivity index (χ1n) is 8.90. The van der Waals surface area contributed by atoms with Crippen LogP contribution in [0.25, 0.3) is 0 Å². The fourth-order valence-electron chi connectivity index (χ4n) is 3.75. The zero-order chi connectivity index (χ0) is 18.7. The average Bonchev–Trinajstić information content (AvgIpc) is 2.98. The van der Waals surface area contributed by atoms with Gasteiger partial charge in [-0.05, 0) is 49.1 Å². The number of methoxy groups -OCH3 is 1. The fraction of sp³-hybridized carbons (Fsp3) is 0.450. The highest BCUT2D eigenvalue weighted by atomic mass is 16.5. The number of hydrogen-bond donors (Lipinski definition) is 0. The van der Waals surface area contributed by atoms with Gasteiger partial charge in [0.1, 0.15) is 5.75 Å². The van der Waals surface area contributed by atoms with Crippen LogP contribution in [0.2, 0.25) is 0 Å². The molecule has 2 bridgehead atoms. The van der Waals surface area contributed by atoms with Gasteiger partial charge in [0, 0.05) is 44.2 Å². The van der Waals surface area contributed by atoms with E-state index >= 15 is 0 Å². The molecule has 2 unspecified atom stereocenters. The van der Waals surface area contributed by atoms with Crippen molar-refractivity contribution < 1.29 is 19.1 Å². The van der Waals surface area contributed by atoms with Crippen molar-refractivity contribution in [2.24, 2.45) is 5.92 Å². The topological polar surface area (TPSA) is 66.9 Å². The Hall–Kier alpha value is -2.63. The molecule has 2 amide bonds. The smallest absolute Gasteiger partial charge is 0.246 e. The Morgan fingerprint density at radius 1 is 1.04 bits per heavy atom. The zero-order valence-electron chi connectivity index (χ0n) is 15.2. The number of ether oxygens (including phenoxy) is 1. The van der Waals surface area contributed by atoms with Crippen LogP contribution in [0, 0.1) is 5.92 Å². The minimum atomic E-state index is -0.218. The second-order valence-electron chi connectivity index (χ2n) is 6.94. The van der Waals surface area contributed by atoms with E-state index in [-0.39, 0.29) is 23.6 Å². The molecule has 3 fully saturated rings. The second-order valence-corrected chi connectivity index (χ2v) is 6.94. The summed E-state index contributed by atoms with van der Waals surface area (Å²) in [6.07, 6.45) is 4.63. The molecule has 6 nitrogen and oxygen atoms in total. The maximum absolute atomic E-state index is 12.5. The van der Waals surface area contributed by atoms with Gasteiger partial charge in [0.25, 0.3) is 0 Å². The normalized spacial score (nSPS) is 22.4. The minimum Gasteiger partial charge on any atom is -0.497 e. The van der Waals surface area contributed by atoms with Crippen LogP contribution in [-0.2, 0) is 9.59 Å². The lowest BCUT2D eigenvalue weighted by Crippen LogP contribution is -2.46. The lowest BCUT2D eigenvalue weighted by atomic mass is 9.95. The van der Waals surface area contributed by atoms with Gasteiger partial charge in [-0.15, -0.1) is 0 Å². The van der Waals surface area contributed by atoms with Crippen molar-refractivity contribution in [3.8, 4) is 5.75 Å². The molecule has 0 saturated carbocycles. The summed E-state index contributed by atoms with van der Waals surface area (Å²) in [5, 5.41) is 0. The number of carbonyl (C=O) groups excluding carboxylic acids is 3. The first-order chi connectivity index (χ1) is 12.5. The number of fused-ring (bicyclic) bond motifs is 4. The largest absolute Gasteiger partial charge is 0.497 e. The molecule has 26 heavy (non-hydrogen) atoms. The van der Waals surface area contributed by atoms with Crippen molar-refractivity contribution >= 4 is 17.6 Å². The molecule has 4 rings (SSSR count). The number of allylic oxidation sites excluding steroid dienone is 1. The third kappa shape index (κ3) is 3.95. The van der Waals surface area contributed by atoms with Crippen LogP contribution in [0.15, 0.2) is 36.4 Å². The average molecular weight is 356 g/mol. The van der Waals surface area contributed by atoms with Gasteiger partial charge in [-0.1, -0.05) is 0 Å². The molecule has 1 aromatic rings. The molecule has 1 aromatic carbocycles. The van der Waals surface area contributed by atoms with E-state index in [4.69, 9.17) is 4.74 Å². The fourth-order valence-corrected chi connectivity index (χ4v) is 3.75. The number of nitrogens with zero attached hydrogens (tertiary/aromatic N) is 2. The highest BCUT2D eigenvalue weighted by molar-refractivity contribution is 6.07. The van der Waals surface area contributed by atoms with Crippen LogP contribution >= 0.6 is 0 Å². The molecule has 3 aliphatic heterocycles. The van der Waals surface area contributed by atoms with E-state index in [1.165, 1.54) is 12.2 Å². The van der Waals surface area contributed by atoms with Gasteiger partial charge >= 0.3 is 0 Å². The molecule has 0 radical (unpaired) electrons. The number of amides is 2. The van der Waals surface area contributed by atoms with E-state index in [1.54, 1.807) is 43.2 Å². The summed E-state index contributed by atoms with van der Waals surface area (Å²) in [5.41, 5.74) is 0.508. The van der Waals surface area contributed by atoms with E-state index in [0.717, 1.165) is 19.4 Å². The van der Waals surface area contributed by atoms with Gasteiger partial charge in [-0.3, -0.25) is 14.4 Å². The number of rotatable bonds is 4. The van der Waals surface area contributed by atoms with Crippen molar-refractivity contribution in [2.75, 3.05) is 26.7 Å². The number of piperidine rings is 1. The number of benzene rings is 1. The van der Waals surface area contributed by atoms with Crippen molar-refractivity contribution in [2.45, 2.75) is 25.8 Å². The van der Waals surface area contributed by atoms with Crippen LogP contribution in [0.1, 0.15) is 30.1 Å². The summed E-state index contributed by atoms with van der Waals surface area (Å²) in [6, 6.07) is 6.86. The quantitative estimate of drug-likeness (QED) is 0.610. The third-order valence-electron chi connectivity index (χ3n) is 5.18. The zero-order valence-corrected chi connectivity index (χ0v) is 15.2. The highest BCUT2D eigenvalue weighted by Gasteiger charge is 2.36. The van der Waals surface area contributed by atoms with E-state index < -0.39 is 0 Å². The Balaban J connectivity index is 1.64. The standard InChI is InChI=1S/C20H24N2O4/c1-14(23)22-12-15-3-6-17(22)13-21(11-15)20(25)10-9-19(24)16-4-7-18(26-2)8-5-16/h4-5,7-10,15,17H,3,6,11-13H2,1-2H3/b10-9+. The van der Waals surface area contributed by atoms with E-state index in [2.05, 4.69) is 0 Å². The van der Waals surface area contributed by atoms with Gasteiger partial charge in [-0.2, -0.15) is 0 Å². The van der Waals surface area contributed by atoms with Gasteiger partial charge in [0.05, 0.1) is 7.11 Å². The van der Waals surface area contributed by atoms with E-state index in [0.29, 0.717) is 30.3 Å². The summed E-state index contributed by atoms with van der Waals surface area (Å²) in [5.74, 6) is 0.668. The Labute approximate surface area is 153 Å². The predicted molar refractivity (Wildman–Crippen MR) is 96.9 cm³/mol. The molecule has 3 heterocycles. The van der Waals surface area contributed by atoms with Crippen LogP contribution < -0.4 is 4.74 Å². The Morgan fingerprint density at radius 2 is 1.77 bits per heavy atom. The lowest BCUT2D eigenvalue weighted by Gasteiger charge is -2.35. The van der Waals surface area contributed by atoms with Crippen molar-refractivity contribution in [3.63, 3.8) is 0 Å². The van der Waals surface area contributed by atoms with Crippen LogP contribution in [0.4, 0.5) is 0 Å². The molecular weight excluding hydrogens is 332 g/mol. The Bertz CT molecular complexity index is 726. The summed E-state index contributed by atoms with van der Waals surface area (Å²) in [7, 11) is 1.57. The molecule has 0 N–H and O–H groups in total. The van der Waals surface area contributed by atoms with E-state index in [9.17, 15) is 14.4 Å². The van der Waals surface area contributed by atoms with Crippen LogP contribution in [0.3, 0.4) is 0 Å². The number of hydrogen-bond acceptors (Lipinski definition) is 4. The summed E-state index contributed by atoms with van der Waals surface area (Å²) < 4.78 is 5.07. The minimum absolute atomic E-state index is 0.0687. The van der Waals surface area contributed by atoms with Crippen LogP contribution in [0.5, 0.6) is 5.75 Å². The molecule has 0 spiro atoms. The monoisotopic (exact) mass is 356 g/mol. The van der Waals surface area contributed by atoms with Gasteiger partial charge in [0.15, 0.2) is 5.78 Å². The molecule has 3 saturated heterocycles. The van der Waals surface area contributed by atoms with Crippen molar-refractivity contribution in [3.05, 3.63) is 42.0 Å². The molecular formula is C20H24N2O4. The van der Waals surface area contributed by atoms with Crippen LogP contribution in [-0.4, -0.2) is 60.2 Å². The number of carbonyl (C=O) groups is 3. The summed E-state index contributed by atoms with van der Waals surface area (Å²) in [6.45, 7) is 3.48. The predicted octanol–water partition coefficient (Wildman–Crippen LogP) is 1.90. The Kier molecular flexibility index (Phi) is 5.40. The number of ketones is 1. The summed E-state index contributed by atoms with van der Waals surface area (Å²) >= 11 is 0. The maximum atomic E-state index is 12.5. The van der Waals surface area contributed by atoms with Gasteiger partial charge in [-0.25, -0.2) is 0 Å². The van der Waals surface area contributed by atoms with Crippen molar-refractivity contribution in [1.29, 1.82) is 0 Å². The lowest BCUT2D eigenvalue weighted by molar-refractivity contribution is -0.133.